The molecule has 1 aromatic carbocycles. The molecule has 0 saturated carbocycles. The highest BCUT2D eigenvalue weighted by Crippen LogP contribution is 2.43. The first kappa shape index (κ1) is 24.0. The van der Waals surface area contributed by atoms with Gasteiger partial charge in [-0.2, -0.15) is 13.2 Å². The second kappa shape index (κ2) is 9.45. The lowest BCUT2D eigenvalue weighted by Gasteiger charge is -2.34. The summed E-state index contributed by atoms with van der Waals surface area (Å²) in [4.78, 5) is 30.2. The van der Waals surface area contributed by atoms with Gasteiger partial charge in [-0.25, -0.2) is 4.98 Å². The molecule has 0 radical (unpaired) electrons. The van der Waals surface area contributed by atoms with Crippen LogP contribution in [-0.4, -0.2) is 53.2 Å². The summed E-state index contributed by atoms with van der Waals surface area (Å²) in [6.45, 7) is 1.75. The molecule has 2 amide bonds. The number of piperidine rings is 1. The van der Waals surface area contributed by atoms with Crippen LogP contribution < -0.4 is 10.1 Å². The number of alkyl halides is 3. The van der Waals surface area contributed by atoms with Crippen molar-refractivity contribution < 1.29 is 32.6 Å². The standard InChI is InChI=1S/C21H24F3N3O4S/c1-13-12-32-19(25-13)20(30,21(22,23)24)11-17(28)27-9-7-14(8-10-27)18(29)26-15-5-3-4-6-16(15)31-2/h3-6,12,14,30H,7-11H2,1-2H3,(H,26,29). The van der Waals surface area contributed by atoms with Crippen molar-refractivity contribution in [3.8, 4) is 5.75 Å². The number of methoxy groups -OCH3 is 1. The lowest BCUT2D eigenvalue weighted by atomic mass is 9.93. The Bertz CT molecular complexity index is 973. The van der Waals surface area contributed by atoms with Crippen molar-refractivity contribution in [2.45, 2.75) is 38.0 Å². The van der Waals surface area contributed by atoms with Crippen molar-refractivity contribution in [2.75, 3.05) is 25.5 Å². The third-order valence-corrected chi connectivity index (χ3v) is 6.54. The average Bonchev–Trinajstić information content (AvgIpc) is 3.20. The number of halogens is 3. The van der Waals surface area contributed by atoms with Crippen molar-refractivity contribution >= 4 is 28.8 Å². The minimum absolute atomic E-state index is 0.119. The lowest BCUT2D eigenvalue weighted by molar-refractivity contribution is -0.268. The molecule has 1 saturated heterocycles. The van der Waals surface area contributed by atoms with Crippen LogP contribution in [0.5, 0.6) is 5.75 Å². The number of nitrogens with one attached hydrogen (secondary N) is 1. The fourth-order valence-electron chi connectivity index (χ4n) is 3.55. The Labute approximate surface area is 187 Å². The minimum atomic E-state index is -5.06. The fourth-order valence-corrected chi connectivity index (χ4v) is 4.46. The van der Waals surface area contributed by atoms with Gasteiger partial charge in [-0.05, 0) is 31.9 Å². The first-order valence-electron chi connectivity index (χ1n) is 9.98. The highest BCUT2D eigenvalue weighted by Gasteiger charge is 2.58. The number of ether oxygens (including phenoxy) is 1. The Balaban J connectivity index is 1.61. The van der Waals surface area contributed by atoms with Crippen LogP contribution in [0.1, 0.15) is 30.0 Å². The number of aromatic nitrogens is 1. The quantitative estimate of drug-likeness (QED) is 0.673. The van der Waals surface area contributed by atoms with E-state index in [0.29, 0.717) is 41.3 Å². The number of rotatable bonds is 6. The van der Waals surface area contributed by atoms with Gasteiger partial charge in [0.1, 0.15) is 10.8 Å². The number of anilines is 1. The summed E-state index contributed by atoms with van der Waals surface area (Å²) in [5, 5.41) is 14.0. The number of para-hydroxylation sites is 2. The second-order valence-electron chi connectivity index (χ2n) is 7.67. The smallest absolute Gasteiger partial charge is 0.424 e. The monoisotopic (exact) mass is 471 g/mol. The molecule has 11 heteroatoms. The van der Waals surface area contributed by atoms with E-state index in [2.05, 4.69) is 10.3 Å². The van der Waals surface area contributed by atoms with Crippen molar-refractivity contribution in [3.63, 3.8) is 0 Å². The molecule has 1 fully saturated rings. The first-order chi connectivity index (χ1) is 15.0. The zero-order chi connectivity index (χ0) is 23.5. The van der Waals surface area contributed by atoms with E-state index in [1.807, 2.05) is 0 Å². The van der Waals surface area contributed by atoms with Crippen molar-refractivity contribution in [3.05, 3.63) is 40.3 Å². The van der Waals surface area contributed by atoms with E-state index in [9.17, 15) is 27.9 Å². The zero-order valence-corrected chi connectivity index (χ0v) is 18.4. The molecular weight excluding hydrogens is 447 g/mol. The topological polar surface area (TPSA) is 91.8 Å². The minimum Gasteiger partial charge on any atom is -0.495 e. The molecule has 1 unspecified atom stereocenters. The number of hydrogen-bond acceptors (Lipinski definition) is 6. The Hall–Kier alpha value is -2.66. The third kappa shape index (κ3) is 5.04. The molecule has 0 aliphatic carbocycles. The molecule has 1 atom stereocenters. The molecule has 1 aliphatic heterocycles. The summed E-state index contributed by atoms with van der Waals surface area (Å²) in [5.41, 5.74) is -2.49. The number of amides is 2. The molecule has 0 bridgehead atoms. The molecular formula is C21H24F3N3O4S. The predicted molar refractivity (Wildman–Crippen MR) is 112 cm³/mol. The van der Waals surface area contributed by atoms with E-state index < -0.39 is 35.0 Å². The number of aryl methyl sites for hydroxylation is 1. The predicted octanol–water partition coefficient (Wildman–Crippen LogP) is 3.48. The van der Waals surface area contributed by atoms with Crippen molar-refractivity contribution in [2.24, 2.45) is 5.92 Å². The van der Waals surface area contributed by atoms with Gasteiger partial charge in [0.2, 0.25) is 17.4 Å². The molecule has 1 aliphatic rings. The van der Waals surface area contributed by atoms with E-state index >= 15 is 0 Å². The second-order valence-corrected chi connectivity index (χ2v) is 8.53. The van der Waals surface area contributed by atoms with E-state index in [-0.39, 0.29) is 19.0 Å². The number of carbonyl (C=O) groups is 2. The summed E-state index contributed by atoms with van der Waals surface area (Å²) in [6, 6.07) is 6.94. The molecule has 2 aromatic rings. The third-order valence-electron chi connectivity index (χ3n) is 5.43. The van der Waals surface area contributed by atoms with Gasteiger partial charge < -0.3 is 20.1 Å². The molecule has 7 nitrogen and oxygen atoms in total. The molecule has 3 rings (SSSR count). The fraction of sp³-hybridized carbons (Fsp3) is 0.476. The van der Waals surface area contributed by atoms with E-state index in [4.69, 9.17) is 4.74 Å². The van der Waals surface area contributed by atoms with Crippen LogP contribution in [-0.2, 0) is 15.2 Å². The Morgan fingerprint density at radius 3 is 2.50 bits per heavy atom. The van der Waals surface area contributed by atoms with Crippen molar-refractivity contribution in [1.29, 1.82) is 0 Å². The van der Waals surface area contributed by atoms with Gasteiger partial charge in [-0.1, -0.05) is 12.1 Å². The summed E-state index contributed by atoms with van der Waals surface area (Å²) >= 11 is 0.665. The maximum atomic E-state index is 13.6. The Morgan fingerprint density at radius 2 is 1.94 bits per heavy atom. The van der Waals surface area contributed by atoms with Gasteiger partial charge in [-0.15, -0.1) is 11.3 Å². The maximum Gasteiger partial charge on any atom is 0.424 e. The zero-order valence-electron chi connectivity index (χ0n) is 17.6. The largest absolute Gasteiger partial charge is 0.495 e. The number of nitrogens with zero attached hydrogens (tertiary/aromatic N) is 2. The SMILES string of the molecule is COc1ccccc1NC(=O)C1CCN(C(=O)CC(O)(c2nc(C)cs2)C(F)(F)F)CC1. The normalized spacial score (nSPS) is 17.0. The Morgan fingerprint density at radius 1 is 1.28 bits per heavy atom. The van der Waals surface area contributed by atoms with E-state index in [1.165, 1.54) is 24.3 Å². The van der Waals surface area contributed by atoms with Crippen LogP contribution in [0, 0.1) is 12.8 Å². The van der Waals surface area contributed by atoms with Crippen LogP contribution in [0.25, 0.3) is 0 Å². The van der Waals surface area contributed by atoms with Gasteiger partial charge in [-0.3, -0.25) is 9.59 Å². The van der Waals surface area contributed by atoms with Crippen LogP contribution in [0.15, 0.2) is 29.6 Å². The lowest BCUT2D eigenvalue weighted by Crippen LogP contribution is -2.49. The van der Waals surface area contributed by atoms with Gasteiger partial charge in [0.05, 0.1) is 19.2 Å². The van der Waals surface area contributed by atoms with Crippen LogP contribution in [0.4, 0.5) is 18.9 Å². The number of hydrogen-bond donors (Lipinski definition) is 2. The molecule has 174 valence electrons. The summed E-state index contributed by atoms with van der Waals surface area (Å²) < 4.78 is 46.1. The average molecular weight is 472 g/mol. The van der Waals surface area contributed by atoms with Gasteiger partial charge in [0.25, 0.3) is 0 Å². The summed E-state index contributed by atoms with van der Waals surface area (Å²) in [5.74, 6) is -0.961. The van der Waals surface area contributed by atoms with Gasteiger partial charge in [0, 0.05) is 30.1 Å². The van der Waals surface area contributed by atoms with Crippen LogP contribution >= 0.6 is 11.3 Å². The first-order valence-corrected chi connectivity index (χ1v) is 10.9. The molecule has 2 N–H and O–H groups in total. The highest BCUT2D eigenvalue weighted by atomic mass is 32.1. The van der Waals surface area contributed by atoms with E-state index in [0.717, 1.165) is 0 Å². The molecule has 1 aromatic heterocycles. The van der Waals surface area contributed by atoms with E-state index in [1.54, 1.807) is 24.3 Å². The number of thiazole rings is 1. The highest BCUT2D eigenvalue weighted by molar-refractivity contribution is 7.09. The maximum absolute atomic E-state index is 13.6. The number of aliphatic hydroxyl groups is 1. The van der Waals surface area contributed by atoms with Crippen LogP contribution in [0.2, 0.25) is 0 Å². The van der Waals surface area contributed by atoms with Gasteiger partial charge in [0.15, 0.2) is 0 Å². The van der Waals surface area contributed by atoms with Gasteiger partial charge >= 0.3 is 6.18 Å². The molecule has 32 heavy (non-hydrogen) atoms. The number of likely N-dealkylation sites (tertiary alicyclic amines) is 1. The number of benzene rings is 1. The number of carbonyl (C=O) groups excluding carboxylic acids is 2. The Kier molecular flexibility index (Phi) is 7.09. The van der Waals surface area contributed by atoms with Crippen LogP contribution in [0.3, 0.4) is 0 Å². The molecule has 0 spiro atoms. The summed E-state index contributed by atoms with van der Waals surface area (Å²) in [6.07, 6.45) is -5.61. The summed E-state index contributed by atoms with van der Waals surface area (Å²) in [7, 11) is 1.49. The van der Waals surface area contributed by atoms with Crippen molar-refractivity contribution in [1.82, 2.24) is 9.88 Å². The molecule has 2 heterocycles.